The van der Waals surface area contributed by atoms with Crippen LogP contribution < -0.4 is 10.6 Å². The lowest BCUT2D eigenvalue weighted by Crippen LogP contribution is -2.21. The Morgan fingerprint density at radius 2 is 1.85 bits per heavy atom. The topological polar surface area (TPSA) is 65.5 Å². The van der Waals surface area contributed by atoms with Gasteiger partial charge in [-0.3, -0.25) is 4.79 Å². The summed E-state index contributed by atoms with van der Waals surface area (Å²) in [6.45, 7) is 7.16. The van der Waals surface area contributed by atoms with E-state index in [1.54, 1.807) is 12.1 Å². The van der Waals surface area contributed by atoms with Gasteiger partial charge in [-0.2, -0.15) is 0 Å². The molecule has 0 radical (unpaired) electrons. The van der Waals surface area contributed by atoms with Crippen LogP contribution in [0.2, 0.25) is 0 Å². The van der Waals surface area contributed by atoms with Crippen molar-refractivity contribution < 1.29 is 5.11 Å². The number of benzene rings is 3. The Labute approximate surface area is 149 Å². The second-order valence-corrected chi connectivity index (χ2v) is 6.02. The van der Waals surface area contributed by atoms with Crippen LogP contribution in [0.4, 0.5) is 0 Å². The molecule has 4 rings (SSSR count). The zero-order valence-corrected chi connectivity index (χ0v) is 13.7. The van der Waals surface area contributed by atoms with E-state index in [9.17, 15) is 15.2 Å². The number of rotatable bonds is 2. The van der Waals surface area contributed by atoms with Crippen LogP contribution in [0.5, 0.6) is 0 Å². The van der Waals surface area contributed by atoms with E-state index in [4.69, 9.17) is 6.57 Å². The van der Waals surface area contributed by atoms with E-state index in [1.165, 1.54) is 0 Å². The SMILES string of the molecule is [C-]#[N+]/C(C#N)=c1\c(=O)c2ccc(-c3cccc(CO)c3)c3cccc1c32. The highest BCUT2D eigenvalue weighted by atomic mass is 16.3. The van der Waals surface area contributed by atoms with Gasteiger partial charge >= 0.3 is 0 Å². The Morgan fingerprint density at radius 1 is 1.08 bits per heavy atom. The summed E-state index contributed by atoms with van der Waals surface area (Å²) in [6, 6.07) is 18.6. The van der Waals surface area contributed by atoms with E-state index in [-0.39, 0.29) is 23.0 Å². The summed E-state index contributed by atoms with van der Waals surface area (Å²) >= 11 is 0. The highest BCUT2D eigenvalue weighted by Crippen LogP contribution is 2.33. The molecule has 0 unspecified atom stereocenters. The largest absolute Gasteiger partial charge is 0.392 e. The third kappa shape index (κ3) is 2.14. The van der Waals surface area contributed by atoms with Crippen molar-refractivity contribution in [2.24, 2.45) is 0 Å². The summed E-state index contributed by atoms with van der Waals surface area (Å²) in [6.07, 6.45) is 0. The molecule has 0 fully saturated rings. The molecule has 0 atom stereocenters. The highest BCUT2D eigenvalue weighted by Gasteiger charge is 2.16. The van der Waals surface area contributed by atoms with Crippen LogP contribution in [0.15, 0.2) is 59.4 Å². The number of hydrogen-bond donors (Lipinski definition) is 1. The standard InChI is InChI=1S/C22H12N2O2/c1-24-19(11-23)21-17-7-3-6-16-15(8-9-18(20(16)17)22(21)26)14-5-2-4-13(10-14)12-25/h2-10,25H,12H2/b21-19-. The number of nitriles is 1. The third-order valence-electron chi connectivity index (χ3n) is 4.66. The van der Waals surface area contributed by atoms with Crippen LogP contribution in [0.1, 0.15) is 5.56 Å². The minimum Gasteiger partial charge on any atom is -0.392 e. The second-order valence-electron chi connectivity index (χ2n) is 6.02. The summed E-state index contributed by atoms with van der Waals surface area (Å²) in [5.74, 6) is 0. The van der Waals surface area contributed by atoms with Gasteiger partial charge in [0.15, 0.2) is 5.43 Å². The van der Waals surface area contributed by atoms with Crippen molar-refractivity contribution in [3.63, 3.8) is 0 Å². The molecule has 4 aromatic rings. The fourth-order valence-corrected chi connectivity index (χ4v) is 3.52. The van der Waals surface area contributed by atoms with E-state index in [0.29, 0.717) is 10.8 Å². The van der Waals surface area contributed by atoms with Crippen molar-refractivity contribution in [3.05, 3.63) is 87.0 Å². The molecule has 4 aromatic carbocycles. The number of aliphatic hydroxyl groups excluding tert-OH is 1. The lowest BCUT2D eigenvalue weighted by atomic mass is 9.95. The summed E-state index contributed by atoms with van der Waals surface area (Å²) in [4.78, 5) is 16.0. The van der Waals surface area contributed by atoms with Gasteiger partial charge in [-0.15, -0.1) is 0 Å². The molecule has 0 aliphatic carbocycles. The van der Waals surface area contributed by atoms with E-state index in [1.807, 2.05) is 48.5 Å². The lowest BCUT2D eigenvalue weighted by Gasteiger charge is -2.09. The lowest BCUT2D eigenvalue weighted by molar-refractivity contribution is 0.282. The summed E-state index contributed by atoms with van der Waals surface area (Å²) in [5.41, 5.74) is 2.23. The zero-order chi connectivity index (χ0) is 18.3. The molecule has 122 valence electrons. The van der Waals surface area contributed by atoms with Gasteiger partial charge in [0.2, 0.25) is 0 Å². The molecule has 0 spiro atoms. The molecular weight excluding hydrogens is 324 g/mol. The predicted molar refractivity (Wildman–Crippen MR) is 101 cm³/mol. The van der Waals surface area contributed by atoms with Crippen LogP contribution in [0, 0.1) is 17.9 Å². The average molecular weight is 336 g/mol. The first kappa shape index (κ1) is 15.8. The van der Waals surface area contributed by atoms with E-state index < -0.39 is 0 Å². The summed E-state index contributed by atoms with van der Waals surface area (Å²) < 4.78 is 0. The Bertz CT molecular complexity index is 1340. The molecule has 26 heavy (non-hydrogen) atoms. The van der Waals surface area contributed by atoms with Crippen molar-refractivity contribution in [2.75, 3.05) is 0 Å². The number of aliphatic hydroxyl groups is 1. The number of nitrogens with zero attached hydrogens (tertiary/aromatic N) is 2. The van der Waals surface area contributed by atoms with Crippen LogP contribution in [0.3, 0.4) is 0 Å². The fourth-order valence-electron chi connectivity index (χ4n) is 3.52. The van der Waals surface area contributed by atoms with Crippen LogP contribution >= 0.6 is 0 Å². The second kappa shape index (κ2) is 5.97. The molecule has 0 bridgehead atoms. The van der Waals surface area contributed by atoms with Crippen molar-refractivity contribution in [1.29, 1.82) is 5.26 Å². The monoisotopic (exact) mass is 336 g/mol. The third-order valence-corrected chi connectivity index (χ3v) is 4.66. The maximum Gasteiger partial charge on any atom is 0.273 e. The molecule has 0 aliphatic rings. The van der Waals surface area contributed by atoms with E-state index >= 15 is 0 Å². The molecule has 0 saturated carbocycles. The highest BCUT2D eigenvalue weighted by molar-refractivity contribution is 6.17. The number of hydrogen-bond acceptors (Lipinski definition) is 3. The summed E-state index contributed by atoms with van der Waals surface area (Å²) in [7, 11) is 0. The van der Waals surface area contributed by atoms with Gasteiger partial charge in [-0.25, -0.2) is 10.1 Å². The normalized spacial score (nSPS) is 12.1. The van der Waals surface area contributed by atoms with Crippen LogP contribution in [-0.2, 0) is 6.61 Å². The molecule has 0 aromatic heterocycles. The first-order valence-corrected chi connectivity index (χ1v) is 8.02. The Balaban J connectivity index is 2.19. The van der Waals surface area contributed by atoms with Crippen molar-refractivity contribution >= 4 is 27.2 Å². The minimum absolute atomic E-state index is 0.0446. The quantitative estimate of drug-likeness (QED) is 0.572. The van der Waals surface area contributed by atoms with Gasteiger partial charge in [0, 0.05) is 16.0 Å². The zero-order valence-electron chi connectivity index (χ0n) is 13.7. The molecule has 4 heteroatoms. The molecule has 0 saturated heterocycles. The van der Waals surface area contributed by atoms with Gasteiger partial charge in [0.05, 0.1) is 19.2 Å². The Morgan fingerprint density at radius 3 is 2.58 bits per heavy atom. The molecule has 1 N–H and O–H groups in total. The smallest absolute Gasteiger partial charge is 0.273 e. The van der Waals surface area contributed by atoms with Crippen molar-refractivity contribution in [2.45, 2.75) is 6.61 Å². The Kier molecular flexibility index (Phi) is 3.62. The first-order valence-electron chi connectivity index (χ1n) is 8.02. The average Bonchev–Trinajstić information content (AvgIpc) is 2.97. The van der Waals surface area contributed by atoms with Crippen LogP contribution in [-0.4, -0.2) is 5.11 Å². The first-order chi connectivity index (χ1) is 12.7. The van der Waals surface area contributed by atoms with Gasteiger partial charge in [0.25, 0.3) is 5.70 Å². The van der Waals surface area contributed by atoms with Gasteiger partial charge in [0.1, 0.15) is 0 Å². The summed E-state index contributed by atoms with van der Waals surface area (Å²) in [5, 5.41) is 21.6. The van der Waals surface area contributed by atoms with Gasteiger partial charge in [-0.1, -0.05) is 42.5 Å². The van der Waals surface area contributed by atoms with E-state index in [2.05, 4.69) is 4.85 Å². The Hall–Kier alpha value is -3.73. The maximum absolute atomic E-state index is 12.8. The van der Waals surface area contributed by atoms with Crippen molar-refractivity contribution in [1.82, 2.24) is 0 Å². The molecule has 0 amide bonds. The van der Waals surface area contributed by atoms with Gasteiger partial charge < -0.3 is 5.11 Å². The molecular formula is C22H12N2O2. The fraction of sp³-hybridized carbons (Fsp3) is 0.0455. The molecule has 0 heterocycles. The molecule has 4 nitrogen and oxygen atoms in total. The minimum atomic E-state index is -0.278. The predicted octanol–water partition coefficient (Wildman–Crippen LogP) is 3.22. The van der Waals surface area contributed by atoms with Crippen molar-refractivity contribution in [3.8, 4) is 17.2 Å². The molecule has 0 aliphatic heterocycles. The maximum atomic E-state index is 12.8. The van der Waals surface area contributed by atoms with Crippen LogP contribution in [0.25, 0.3) is 43.2 Å². The van der Waals surface area contributed by atoms with Gasteiger partial charge in [-0.05, 0) is 39.6 Å². The van der Waals surface area contributed by atoms with E-state index in [0.717, 1.165) is 27.5 Å².